The average molecular weight is 240 g/mol. The summed E-state index contributed by atoms with van der Waals surface area (Å²) in [6, 6.07) is 3.75. The van der Waals surface area contributed by atoms with Crippen LogP contribution in [-0.2, 0) is 4.74 Å². The summed E-state index contributed by atoms with van der Waals surface area (Å²) >= 11 is 0. The zero-order valence-electron chi connectivity index (χ0n) is 9.83. The zero-order valence-corrected chi connectivity index (χ0v) is 9.83. The molecule has 0 atom stereocenters. The second-order valence-electron chi connectivity index (χ2n) is 3.69. The van der Waals surface area contributed by atoms with Crippen molar-refractivity contribution >= 4 is 11.6 Å². The minimum atomic E-state index is -0.469. The van der Waals surface area contributed by atoms with Crippen LogP contribution in [0.2, 0.25) is 0 Å². The summed E-state index contributed by atoms with van der Waals surface area (Å²) in [5, 5.41) is 2.68. The molecule has 1 aromatic carbocycles. The maximum absolute atomic E-state index is 12.9. The first-order valence-electron chi connectivity index (χ1n) is 5.47. The number of amides is 1. The molecule has 5 heteroatoms. The fourth-order valence-electron chi connectivity index (χ4n) is 1.39. The molecule has 0 heterocycles. The molecule has 1 aromatic rings. The number of carbonyl (C=O) groups is 1. The van der Waals surface area contributed by atoms with Crippen LogP contribution in [0.5, 0.6) is 0 Å². The van der Waals surface area contributed by atoms with E-state index in [4.69, 9.17) is 10.5 Å². The maximum Gasteiger partial charge on any atom is 0.253 e. The number of nitrogens with one attached hydrogen (secondary N) is 1. The highest BCUT2D eigenvalue weighted by Crippen LogP contribution is 2.12. The zero-order chi connectivity index (χ0) is 12.7. The maximum atomic E-state index is 12.9. The van der Waals surface area contributed by atoms with E-state index in [0.29, 0.717) is 13.2 Å². The monoisotopic (exact) mass is 240 g/mol. The number of methoxy groups -OCH3 is 1. The molecule has 0 saturated heterocycles. The molecule has 0 aliphatic carbocycles. The van der Waals surface area contributed by atoms with Gasteiger partial charge in [0.2, 0.25) is 0 Å². The highest BCUT2D eigenvalue weighted by Gasteiger charge is 2.09. The van der Waals surface area contributed by atoms with Crippen LogP contribution in [0.1, 0.15) is 23.2 Å². The molecule has 94 valence electrons. The standard InChI is InChI=1S/C12H17FN2O2/c1-17-7-3-2-6-15-12(16)10-8-9(13)4-5-11(10)14/h4-5,8H,2-3,6-7,14H2,1H3,(H,15,16). The van der Waals surface area contributed by atoms with Gasteiger partial charge in [0.05, 0.1) is 5.56 Å². The summed E-state index contributed by atoms with van der Waals surface area (Å²) in [7, 11) is 1.63. The largest absolute Gasteiger partial charge is 0.398 e. The van der Waals surface area contributed by atoms with E-state index in [1.165, 1.54) is 12.1 Å². The Kier molecular flexibility index (Phi) is 5.42. The number of nitrogen functional groups attached to an aromatic ring is 1. The van der Waals surface area contributed by atoms with Crippen LogP contribution in [0.4, 0.5) is 10.1 Å². The number of rotatable bonds is 6. The number of hydrogen-bond acceptors (Lipinski definition) is 3. The summed E-state index contributed by atoms with van der Waals surface area (Å²) in [6.45, 7) is 1.19. The molecule has 0 aliphatic heterocycles. The summed E-state index contributed by atoms with van der Waals surface area (Å²) in [6.07, 6.45) is 1.68. The Labute approximate surface area is 100.0 Å². The van der Waals surface area contributed by atoms with Crippen molar-refractivity contribution in [3.05, 3.63) is 29.6 Å². The van der Waals surface area contributed by atoms with Crippen LogP contribution in [0.25, 0.3) is 0 Å². The van der Waals surface area contributed by atoms with E-state index in [9.17, 15) is 9.18 Å². The van der Waals surface area contributed by atoms with Gasteiger partial charge >= 0.3 is 0 Å². The predicted octanol–water partition coefficient (Wildman–Crippen LogP) is 1.56. The van der Waals surface area contributed by atoms with Crippen molar-refractivity contribution in [2.24, 2.45) is 0 Å². The fraction of sp³-hybridized carbons (Fsp3) is 0.417. The number of halogens is 1. The molecular weight excluding hydrogens is 223 g/mol. The van der Waals surface area contributed by atoms with Crippen molar-refractivity contribution in [1.29, 1.82) is 0 Å². The van der Waals surface area contributed by atoms with Crippen LogP contribution in [0, 0.1) is 5.82 Å². The van der Waals surface area contributed by atoms with E-state index < -0.39 is 5.82 Å². The molecule has 0 unspecified atom stereocenters. The van der Waals surface area contributed by atoms with Gasteiger partial charge in [0.15, 0.2) is 0 Å². The van der Waals surface area contributed by atoms with E-state index >= 15 is 0 Å². The summed E-state index contributed by atoms with van der Waals surface area (Å²) in [4.78, 5) is 11.7. The molecule has 0 aromatic heterocycles. The van der Waals surface area contributed by atoms with Gasteiger partial charge in [-0.05, 0) is 31.0 Å². The highest BCUT2D eigenvalue weighted by molar-refractivity contribution is 5.99. The van der Waals surface area contributed by atoms with Crippen LogP contribution >= 0.6 is 0 Å². The van der Waals surface area contributed by atoms with Crippen LogP contribution in [0.3, 0.4) is 0 Å². The molecule has 0 radical (unpaired) electrons. The van der Waals surface area contributed by atoms with Crippen LogP contribution < -0.4 is 11.1 Å². The molecule has 0 saturated carbocycles. The second kappa shape index (κ2) is 6.85. The third-order valence-electron chi connectivity index (χ3n) is 2.32. The number of nitrogens with two attached hydrogens (primary N) is 1. The summed E-state index contributed by atoms with van der Waals surface area (Å²) in [5.41, 5.74) is 6.05. The lowest BCUT2D eigenvalue weighted by Gasteiger charge is -2.07. The average Bonchev–Trinajstić information content (AvgIpc) is 2.32. The highest BCUT2D eigenvalue weighted by atomic mass is 19.1. The SMILES string of the molecule is COCCCCNC(=O)c1cc(F)ccc1N. The van der Waals surface area contributed by atoms with Gasteiger partial charge < -0.3 is 15.8 Å². The van der Waals surface area contributed by atoms with Crippen molar-refractivity contribution < 1.29 is 13.9 Å². The lowest BCUT2D eigenvalue weighted by atomic mass is 10.1. The van der Waals surface area contributed by atoms with Crippen molar-refractivity contribution in [1.82, 2.24) is 5.32 Å². The van der Waals surface area contributed by atoms with Gasteiger partial charge in [-0.2, -0.15) is 0 Å². The first-order valence-corrected chi connectivity index (χ1v) is 5.47. The van der Waals surface area contributed by atoms with Crippen molar-refractivity contribution in [3.63, 3.8) is 0 Å². The number of benzene rings is 1. The Balaban J connectivity index is 2.44. The van der Waals surface area contributed by atoms with Crippen LogP contribution in [-0.4, -0.2) is 26.2 Å². The normalized spacial score (nSPS) is 10.2. The predicted molar refractivity (Wildman–Crippen MR) is 64.3 cm³/mol. The van der Waals surface area contributed by atoms with Gasteiger partial charge in [-0.3, -0.25) is 4.79 Å². The first-order chi connectivity index (χ1) is 8.15. The summed E-state index contributed by atoms with van der Waals surface area (Å²) < 4.78 is 17.8. The van der Waals surface area contributed by atoms with Crippen molar-refractivity contribution in [3.8, 4) is 0 Å². The van der Waals surface area contributed by atoms with Gasteiger partial charge in [0.1, 0.15) is 5.82 Å². The molecule has 0 fully saturated rings. The Bertz CT molecular complexity index is 383. The molecule has 3 N–H and O–H groups in total. The number of unbranched alkanes of at least 4 members (excludes halogenated alkanes) is 1. The Hall–Kier alpha value is -1.62. The Morgan fingerprint density at radius 3 is 2.94 bits per heavy atom. The molecule has 1 amide bonds. The van der Waals surface area contributed by atoms with Gasteiger partial charge in [-0.1, -0.05) is 0 Å². The molecular formula is C12H17FN2O2. The van der Waals surface area contributed by atoms with E-state index in [0.717, 1.165) is 18.9 Å². The number of hydrogen-bond donors (Lipinski definition) is 2. The van der Waals surface area contributed by atoms with Gasteiger partial charge in [-0.25, -0.2) is 4.39 Å². The molecule has 0 spiro atoms. The second-order valence-corrected chi connectivity index (χ2v) is 3.69. The number of carbonyl (C=O) groups excluding carboxylic acids is 1. The van der Waals surface area contributed by atoms with Crippen molar-refractivity contribution in [2.45, 2.75) is 12.8 Å². The van der Waals surface area contributed by atoms with Crippen LogP contribution in [0.15, 0.2) is 18.2 Å². The summed E-state index contributed by atoms with van der Waals surface area (Å²) in [5.74, 6) is -0.817. The topological polar surface area (TPSA) is 64.3 Å². The first kappa shape index (κ1) is 13.4. The van der Waals surface area contributed by atoms with Gasteiger partial charge in [0.25, 0.3) is 5.91 Å². The van der Waals surface area contributed by atoms with Crippen molar-refractivity contribution in [2.75, 3.05) is 26.0 Å². The smallest absolute Gasteiger partial charge is 0.253 e. The van der Waals surface area contributed by atoms with Gasteiger partial charge in [-0.15, -0.1) is 0 Å². The molecule has 1 rings (SSSR count). The lowest BCUT2D eigenvalue weighted by Crippen LogP contribution is -2.25. The van der Waals surface area contributed by atoms with E-state index in [-0.39, 0.29) is 17.2 Å². The quantitative estimate of drug-likeness (QED) is 0.586. The Morgan fingerprint density at radius 1 is 1.47 bits per heavy atom. The number of anilines is 1. The van der Waals surface area contributed by atoms with Gasteiger partial charge in [0, 0.05) is 25.9 Å². The third kappa shape index (κ3) is 4.40. The third-order valence-corrected chi connectivity index (χ3v) is 2.32. The van der Waals surface area contributed by atoms with E-state index in [1.807, 2.05) is 0 Å². The molecule has 0 bridgehead atoms. The minimum Gasteiger partial charge on any atom is -0.398 e. The minimum absolute atomic E-state index is 0.178. The molecule has 17 heavy (non-hydrogen) atoms. The van der Waals surface area contributed by atoms with E-state index in [2.05, 4.69) is 5.32 Å². The molecule has 0 aliphatic rings. The Morgan fingerprint density at radius 2 is 2.24 bits per heavy atom. The molecule has 4 nitrogen and oxygen atoms in total. The lowest BCUT2D eigenvalue weighted by molar-refractivity contribution is 0.0952. The number of ether oxygens (including phenoxy) is 1. The fourth-order valence-corrected chi connectivity index (χ4v) is 1.39. The van der Waals surface area contributed by atoms with E-state index in [1.54, 1.807) is 7.11 Å².